The van der Waals surface area contributed by atoms with Crippen LogP contribution in [-0.4, -0.2) is 28.6 Å². The molecule has 0 aliphatic heterocycles. The van der Waals surface area contributed by atoms with Gasteiger partial charge in [-0.25, -0.2) is 14.6 Å². The highest BCUT2D eigenvalue weighted by molar-refractivity contribution is 9.10. The summed E-state index contributed by atoms with van der Waals surface area (Å²) in [5.41, 5.74) is 0.863. The fourth-order valence-corrected chi connectivity index (χ4v) is 3.02. The number of halogens is 1. The van der Waals surface area contributed by atoms with E-state index in [1.807, 2.05) is 49.4 Å². The van der Waals surface area contributed by atoms with Gasteiger partial charge in [0.05, 0.1) is 0 Å². The second-order valence-electron chi connectivity index (χ2n) is 5.89. The second-order valence-corrected chi connectivity index (χ2v) is 6.80. The van der Waals surface area contributed by atoms with Crippen molar-refractivity contribution in [1.29, 1.82) is 0 Å². The van der Waals surface area contributed by atoms with Gasteiger partial charge < -0.3 is 10.4 Å². The summed E-state index contributed by atoms with van der Waals surface area (Å²) in [6.07, 6.45) is 0. The van der Waals surface area contributed by atoms with Crippen LogP contribution in [0.1, 0.15) is 23.0 Å². The number of fused-ring (bicyclic) bond motifs is 1. The van der Waals surface area contributed by atoms with Crippen molar-refractivity contribution in [2.45, 2.75) is 13.5 Å². The molecule has 1 aromatic heterocycles. The SMILES string of the molecule is CCN(C(=O)NCc1ccc(Br)cc1)c1nc(C(=O)O)cc2ccccc12. The number of urea groups is 1. The first kappa shape index (κ1) is 18.8. The molecule has 0 bridgehead atoms. The third kappa shape index (κ3) is 4.25. The predicted molar refractivity (Wildman–Crippen MR) is 108 cm³/mol. The molecule has 0 aliphatic rings. The van der Waals surface area contributed by atoms with Gasteiger partial charge in [-0.1, -0.05) is 52.3 Å². The third-order valence-electron chi connectivity index (χ3n) is 4.11. The first-order chi connectivity index (χ1) is 13.0. The van der Waals surface area contributed by atoms with E-state index in [0.717, 1.165) is 20.8 Å². The summed E-state index contributed by atoms with van der Waals surface area (Å²) in [6.45, 7) is 2.54. The average molecular weight is 428 g/mol. The zero-order valence-corrected chi connectivity index (χ0v) is 16.2. The van der Waals surface area contributed by atoms with Gasteiger partial charge >= 0.3 is 12.0 Å². The highest BCUT2D eigenvalue weighted by Gasteiger charge is 2.20. The summed E-state index contributed by atoms with van der Waals surface area (Å²) in [7, 11) is 0. The van der Waals surface area contributed by atoms with E-state index < -0.39 is 5.97 Å². The highest BCUT2D eigenvalue weighted by Crippen LogP contribution is 2.26. The number of carboxylic acids is 1. The number of pyridine rings is 1. The summed E-state index contributed by atoms with van der Waals surface area (Å²) in [6, 6.07) is 16.1. The lowest BCUT2D eigenvalue weighted by molar-refractivity contribution is 0.0690. The number of aromatic nitrogens is 1. The predicted octanol–water partition coefficient (Wildman–Crippen LogP) is 4.43. The molecule has 138 valence electrons. The van der Waals surface area contributed by atoms with Gasteiger partial charge in [-0.3, -0.25) is 4.90 Å². The van der Waals surface area contributed by atoms with Crippen LogP contribution in [0.2, 0.25) is 0 Å². The molecule has 0 fully saturated rings. The van der Waals surface area contributed by atoms with Gasteiger partial charge in [0, 0.05) is 22.9 Å². The molecule has 0 aliphatic carbocycles. The quantitative estimate of drug-likeness (QED) is 0.630. The number of amides is 2. The molecule has 0 spiro atoms. The number of nitrogens with one attached hydrogen (secondary N) is 1. The zero-order chi connectivity index (χ0) is 19.4. The molecule has 7 heteroatoms. The van der Waals surface area contributed by atoms with Crippen molar-refractivity contribution in [1.82, 2.24) is 10.3 Å². The number of carbonyl (C=O) groups is 2. The van der Waals surface area contributed by atoms with Crippen molar-refractivity contribution in [2.75, 3.05) is 11.4 Å². The minimum absolute atomic E-state index is 0.0946. The Morgan fingerprint density at radius 3 is 2.52 bits per heavy atom. The van der Waals surface area contributed by atoms with Crippen molar-refractivity contribution in [3.63, 3.8) is 0 Å². The fourth-order valence-electron chi connectivity index (χ4n) is 2.76. The smallest absolute Gasteiger partial charge is 0.354 e. The Morgan fingerprint density at radius 2 is 1.85 bits per heavy atom. The highest BCUT2D eigenvalue weighted by atomic mass is 79.9. The molecule has 6 nitrogen and oxygen atoms in total. The van der Waals surface area contributed by atoms with Gasteiger partial charge in [0.15, 0.2) is 5.69 Å². The molecule has 3 rings (SSSR count). The van der Waals surface area contributed by atoms with Crippen molar-refractivity contribution >= 4 is 44.5 Å². The molecular weight excluding hydrogens is 410 g/mol. The molecule has 0 radical (unpaired) electrons. The number of rotatable bonds is 5. The summed E-state index contributed by atoms with van der Waals surface area (Å²) in [4.78, 5) is 29.9. The molecular formula is C20H18BrN3O3. The van der Waals surface area contributed by atoms with Crippen LogP contribution in [-0.2, 0) is 6.54 Å². The van der Waals surface area contributed by atoms with Crippen LogP contribution in [0.5, 0.6) is 0 Å². The van der Waals surface area contributed by atoms with Gasteiger partial charge in [0.1, 0.15) is 5.82 Å². The van der Waals surface area contributed by atoms with Gasteiger partial charge in [-0.2, -0.15) is 0 Å². The Hall–Kier alpha value is -2.93. The molecule has 0 saturated heterocycles. The van der Waals surface area contributed by atoms with Gasteiger partial charge in [0.2, 0.25) is 0 Å². The van der Waals surface area contributed by atoms with E-state index in [0.29, 0.717) is 18.9 Å². The minimum Gasteiger partial charge on any atom is -0.477 e. The van der Waals surface area contributed by atoms with Crippen LogP contribution in [0.25, 0.3) is 10.8 Å². The van der Waals surface area contributed by atoms with Crippen molar-refractivity contribution in [3.8, 4) is 0 Å². The Morgan fingerprint density at radius 1 is 1.15 bits per heavy atom. The molecule has 2 amide bonds. The second kappa shape index (κ2) is 8.18. The van der Waals surface area contributed by atoms with E-state index in [1.54, 1.807) is 6.07 Å². The normalized spacial score (nSPS) is 10.6. The molecule has 0 atom stereocenters. The van der Waals surface area contributed by atoms with Gasteiger partial charge in [-0.05, 0) is 36.1 Å². The summed E-state index contributed by atoms with van der Waals surface area (Å²) in [5.74, 6) is -0.797. The number of carboxylic acid groups (broad SMARTS) is 1. The van der Waals surface area contributed by atoms with Crippen molar-refractivity contribution in [2.24, 2.45) is 0 Å². The number of aromatic carboxylic acids is 1. The minimum atomic E-state index is -1.13. The lowest BCUT2D eigenvalue weighted by Crippen LogP contribution is -2.40. The lowest BCUT2D eigenvalue weighted by Gasteiger charge is -2.22. The van der Waals surface area contributed by atoms with Gasteiger partial charge in [0.25, 0.3) is 0 Å². The number of benzene rings is 2. The van der Waals surface area contributed by atoms with Crippen molar-refractivity contribution < 1.29 is 14.7 Å². The van der Waals surface area contributed by atoms with Crippen LogP contribution in [0.4, 0.5) is 10.6 Å². The zero-order valence-electron chi connectivity index (χ0n) is 14.6. The van der Waals surface area contributed by atoms with E-state index in [2.05, 4.69) is 26.2 Å². The summed E-state index contributed by atoms with van der Waals surface area (Å²) in [5, 5.41) is 13.7. The monoisotopic (exact) mass is 427 g/mol. The van der Waals surface area contributed by atoms with E-state index in [9.17, 15) is 14.7 Å². The Labute approximate surface area is 165 Å². The van der Waals surface area contributed by atoms with Crippen LogP contribution in [0, 0.1) is 0 Å². The Bertz CT molecular complexity index is 989. The Balaban J connectivity index is 1.91. The maximum Gasteiger partial charge on any atom is 0.354 e. The molecule has 1 heterocycles. The first-order valence-electron chi connectivity index (χ1n) is 8.42. The van der Waals surface area contributed by atoms with Crippen molar-refractivity contribution in [3.05, 3.63) is 70.3 Å². The summed E-state index contributed by atoms with van der Waals surface area (Å²) < 4.78 is 0.967. The van der Waals surface area contributed by atoms with E-state index in [4.69, 9.17) is 0 Å². The molecule has 2 N–H and O–H groups in total. The summed E-state index contributed by atoms with van der Waals surface area (Å²) >= 11 is 3.38. The number of anilines is 1. The lowest BCUT2D eigenvalue weighted by atomic mass is 10.1. The van der Waals surface area contributed by atoms with E-state index >= 15 is 0 Å². The van der Waals surface area contributed by atoms with Crippen LogP contribution >= 0.6 is 15.9 Å². The van der Waals surface area contributed by atoms with E-state index in [-0.39, 0.29) is 11.7 Å². The largest absolute Gasteiger partial charge is 0.477 e. The molecule has 2 aromatic carbocycles. The maximum atomic E-state index is 12.8. The number of hydrogen-bond donors (Lipinski definition) is 2. The van der Waals surface area contributed by atoms with Crippen LogP contribution < -0.4 is 10.2 Å². The van der Waals surface area contributed by atoms with Crippen LogP contribution in [0.15, 0.2) is 59.1 Å². The van der Waals surface area contributed by atoms with Crippen LogP contribution in [0.3, 0.4) is 0 Å². The average Bonchev–Trinajstić information content (AvgIpc) is 2.67. The molecule has 0 unspecified atom stereocenters. The maximum absolute atomic E-state index is 12.8. The first-order valence-corrected chi connectivity index (χ1v) is 9.21. The number of carbonyl (C=O) groups excluding carboxylic acids is 1. The van der Waals surface area contributed by atoms with Gasteiger partial charge in [-0.15, -0.1) is 0 Å². The molecule has 3 aromatic rings. The molecule has 27 heavy (non-hydrogen) atoms. The third-order valence-corrected chi connectivity index (χ3v) is 4.64. The fraction of sp³-hybridized carbons (Fsp3) is 0.150. The number of nitrogens with zero attached hydrogens (tertiary/aromatic N) is 2. The topological polar surface area (TPSA) is 82.5 Å². The molecule has 0 saturated carbocycles. The Kier molecular flexibility index (Phi) is 5.71. The number of hydrogen-bond acceptors (Lipinski definition) is 3. The standard InChI is InChI=1S/C20H18BrN3O3/c1-2-24(20(27)22-12-13-7-9-15(21)10-8-13)18-16-6-4-3-5-14(16)11-17(23-18)19(25)26/h3-11H,2,12H2,1H3,(H,22,27)(H,25,26). The van der Waals surface area contributed by atoms with E-state index in [1.165, 1.54) is 11.0 Å².